The summed E-state index contributed by atoms with van der Waals surface area (Å²) in [6.45, 7) is 0. The smallest absolute Gasteiger partial charge is 0.231 e. The van der Waals surface area contributed by atoms with Crippen LogP contribution in [0.4, 0.5) is 0 Å². The lowest BCUT2D eigenvalue weighted by Crippen LogP contribution is -2.06. The van der Waals surface area contributed by atoms with E-state index in [2.05, 4.69) is 6.42 Å². The van der Waals surface area contributed by atoms with Gasteiger partial charge < -0.3 is 0 Å². The van der Waals surface area contributed by atoms with Crippen LogP contribution < -0.4 is 0 Å². The fourth-order valence-electron chi connectivity index (χ4n) is 0.0471. The highest BCUT2D eigenvalue weighted by atomic mass is 32.2. The molecule has 0 amide bonds. The van der Waals surface area contributed by atoms with E-state index < -0.39 is 10.9 Å². The van der Waals surface area contributed by atoms with Gasteiger partial charge in [-0.3, -0.25) is 0 Å². The molecule has 0 aromatic rings. The van der Waals surface area contributed by atoms with Crippen LogP contribution in [-0.4, -0.2) is 19.8 Å². The number of thiol groups is 1. The van der Waals surface area contributed by atoms with Crippen LogP contribution in [0.1, 0.15) is 0 Å². The first-order valence-electron chi connectivity index (χ1n) is 1.52. The molecule has 0 saturated heterocycles. The number of rotatable bonds is 1. The molecular formula is C3H5NO2S. The summed E-state index contributed by atoms with van der Waals surface area (Å²) in [6, 6.07) is 1.90. The van der Waals surface area contributed by atoms with Crippen LogP contribution in [-0.2, 0) is 10.9 Å². The summed E-state index contributed by atoms with van der Waals surface area (Å²) in [7, 11) is -1.27. The van der Waals surface area contributed by atoms with E-state index in [1.54, 1.807) is 0 Å². The molecule has 40 valence electrons. The Balaban J connectivity index is 3.89. The first kappa shape index (κ1) is 6.31. The summed E-state index contributed by atoms with van der Waals surface area (Å²) in [6.07, 6.45) is 4.67. The average Bonchev–Trinajstić information content (AvgIpc) is 1.65. The third kappa shape index (κ3) is 2.06. The van der Waals surface area contributed by atoms with Crippen molar-refractivity contribution in [1.29, 1.82) is 0 Å². The van der Waals surface area contributed by atoms with Crippen molar-refractivity contribution >= 4 is 10.9 Å². The minimum atomic E-state index is -2.56. The van der Waals surface area contributed by atoms with Gasteiger partial charge in [0.05, 0.1) is 0 Å². The molecule has 0 N–H and O–H groups in total. The summed E-state index contributed by atoms with van der Waals surface area (Å²) in [5.41, 5.74) is 0. The SMILES string of the molecule is C#CN(C)[SH](=O)=O. The summed E-state index contributed by atoms with van der Waals surface area (Å²) < 4.78 is 20.3. The minimum absolute atomic E-state index is 0.773. The molecule has 0 fully saturated rings. The highest BCUT2D eigenvalue weighted by molar-refractivity contribution is 7.70. The Morgan fingerprint density at radius 1 is 1.71 bits per heavy atom. The number of hydrogen-bond acceptors (Lipinski definition) is 2. The lowest BCUT2D eigenvalue weighted by atomic mass is 11.1. The fraction of sp³-hybridized carbons (Fsp3) is 0.333. The molecule has 0 aliphatic rings. The van der Waals surface area contributed by atoms with Gasteiger partial charge in [-0.25, -0.2) is 12.7 Å². The van der Waals surface area contributed by atoms with Gasteiger partial charge >= 0.3 is 0 Å². The van der Waals surface area contributed by atoms with Crippen LogP contribution in [0.25, 0.3) is 0 Å². The predicted molar refractivity (Wildman–Crippen MR) is 26.9 cm³/mol. The zero-order valence-corrected chi connectivity index (χ0v) is 4.68. The molecule has 0 heterocycles. The van der Waals surface area contributed by atoms with Gasteiger partial charge in [0.2, 0.25) is 10.9 Å². The number of terminal acetylenes is 1. The molecule has 0 bridgehead atoms. The van der Waals surface area contributed by atoms with E-state index in [9.17, 15) is 8.42 Å². The van der Waals surface area contributed by atoms with E-state index in [4.69, 9.17) is 0 Å². The molecule has 0 atom stereocenters. The van der Waals surface area contributed by atoms with Gasteiger partial charge in [-0.05, 0) is 0 Å². The number of hydrogen-bond donors (Lipinski definition) is 1. The molecule has 0 rings (SSSR count). The first-order valence-corrected chi connectivity index (χ1v) is 2.65. The van der Waals surface area contributed by atoms with Crippen molar-refractivity contribution in [2.24, 2.45) is 0 Å². The van der Waals surface area contributed by atoms with E-state index in [-0.39, 0.29) is 0 Å². The first-order chi connectivity index (χ1) is 3.18. The second-order valence-corrected chi connectivity index (χ2v) is 1.97. The van der Waals surface area contributed by atoms with Crippen molar-refractivity contribution < 1.29 is 8.42 Å². The van der Waals surface area contributed by atoms with E-state index in [1.165, 1.54) is 7.05 Å². The Bertz CT molecular complexity index is 147. The van der Waals surface area contributed by atoms with E-state index >= 15 is 0 Å². The van der Waals surface area contributed by atoms with Gasteiger partial charge in [0.1, 0.15) is 0 Å². The van der Waals surface area contributed by atoms with E-state index in [0.717, 1.165) is 4.31 Å². The lowest BCUT2D eigenvalue weighted by Gasteiger charge is -1.94. The standard InChI is InChI=1S/C3H5NO2S/c1-3-4(2)7(5)6/h1,7H,2H3. The fourth-order valence-corrected chi connectivity index (χ4v) is 0.141. The van der Waals surface area contributed by atoms with Crippen molar-refractivity contribution in [3.63, 3.8) is 0 Å². The Morgan fingerprint density at radius 3 is 2.14 bits per heavy atom. The van der Waals surface area contributed by atoms with Crippen LogP contribution in [0.2, 0.25) is 0 Å². The van der Waals surface area contributed by atoms with Crippen LogP contribution in [0.5, 0.6) is 0 Å². The molecule has 0 aliphatic carbocycles. The van der Waals surface area contributed by atoms with Crippen LogP contribution in [0.3, 0.4) is 0 Å². The van der Waals surface area contributed by atoms with Gasteiger partial charge in [-0.1, -0.05) is 6.42 Å². The second-order valence-electron chi connectivity index (χ2n) is 0.891. The Labute approximate surface area is 44.0 Å². The van der Waals surface area contributed by atoms with Gasteiger partial charge in [-0.15, -0.1) is 0 Å². The van der Waals surface area contributed by atoms with Gasteiger partial charge in [0, 0.05) is 13.1 Å². The summed E-state index contributed by atoms with van der Waals surface area (Å²) in [5, 5.41) is 0. The quantitative estimate of drug-likeness (QED) is 0.274. The molecule has 0 saturated carbocycles. The van der Waals surface area contributed by atoms with Gasteiger partial charge in [-0.2, -0.15) is 0 Å². The van der Waals surface area contributed by atoms with Crippen molar-refractivity contribution in [3.8, 4) is 12.5 Å². The Hall–Kier alpha value is -0.690. The molecule has 0 spiro atoms. The minimum Gasteiger partial charge on any atom is -0.234 e. The molecule has 0 aromatic heterocycles. The lowest BCUT2D eigenvalue weighted by molar-refractivity contribution is 0.570. The summed E-state index contributed by atoms with van der Waals surface area (Å²) in [4.78, 5) is 0. The Kier molecular flexibility index (Phi) is 2.23. The van der Waals surface area contributed by atoms with Crippen LogP contribution in [0, 0.1) is 12.5 Å². The van der Waals surface area contributed by atoms with Crippen molar-refractivity contribution in [2.75, 3.05) is 7.05 Å². The monoisotopic (exact) mass is 119 g/mol. The molecule has 0 radical (unpaired) electrons. The molecule has 0 aromatic carbocycles. The zero-order chi connectivity index (χ0) is 5.86. The largest absolute Gasteiger partial charge is 0.234 e. The third-order valence-corrected chi connectivity index (χ3v) is 1.04. The highest BCUT2D eigenvalue weighted by Crippen LogP contribution is 1.70. The summed E-state index contributed by atoms with van der Waals surface area (Å²) in [5.74, 6) is 0. The maximum Gasteiger partial charge on any atom is 0.231 e. The van der Waals surface area contributed by atoms with E-state index in [0.29, 0.717) is 0 Å². The van der Waals surface area contributed by atoms with Crippen molar-refractivity contribution in [2.45, 2.75) is 0 Å². The third-order valence-electron chi connectivity index (χ3n) is 0.432. The van der Waals surface area contributed by atoms with E-state index in [1.807, 2.05) is 6.04 Å². The normalized spacial score (nSPS) is 8.14. The number of nitrogens with zero attached hydrogens (tertiary/aromatic N) is 1. The van der Waals surface area contributed by atoms with Gasteiger partial charge in [0.15, 0.2) is 0 Å². The second kappa shape index (κ2) is 2.48. The molecule has 7 heavy (non-hydrogen) atoms. The van der Waals surface area contributed by atoms with Gasteiger partial charge in [0.25, 0.3) is 0 Å². The molecule has 0 aliphatic heterocycles. The predicted octanol–water partition coefficient (Wildman–Crippen LogP) is -0.965. The Morgan fingerprint density at radius 2 is 2.14 bits per heavy atom. The maximum atomic E-state index is 9.75. The van der Waals surface area contributed by atoms with Crippen LogP contribution >= 0.6 is 0 Å². The van der Waals surface area contributed by atoms with Crippen molar-refractivity contribution in [3.05, 3.63) is 0 Å². The summed E-state index contributed by atoms with van der Waals surface area (Å²) >= 11 is 0. The molecule has 0 unspecified atom stereocenters. The van der Waals surface area contributed by atoms with Crippen molar-refractivity contribution in [1.82, 2.24) is 4.31 Å². The molecule has 3 nitrogen and oxygen atoms in total. The zero-order valence-electron chi connectivity index (χ0n) is 3.79. The van der Waals surface area contributed by atoms with Crippen LogP contribution in [0.15, 0.2) is 0 Å². The molecule has 4 heteroatoms. The highest BCUT2D eigenvalue weighted by Gasteiger charge is 1.83. The average molecular weight is 119 g/mol. The molecular weight excluding hydrogens is 114 g/mol. The topological polar surface area (TPSA) is 37.4 Å². The maximum absolute atomic E-state index is 9.75.